The van der Waals surface area contributed by atoms with Crippen molar-refractivity contribution < 1.29 is 41.8 Å². The molecule has 3 aliphatic rings. The van der Waals surface area contributed by atoms with Crippen LogP contribution in [0, 0.1) is 12.8 Å². The lowest BCUT2D eigenvalue weighted by Gasteiger charge is -2.46. The molecule has 2 amide bonds. The number of β-amino-alcohol motifs (C(OH)–C–C–N with tert-alkyl or cyclic N) is 1. The number of amides is 2. The molecule has 2 N–H and O–H groups in total. The maximum atomic E-state index is 14.9. The van der Waals surface area contributed by atoms with Crippen molar-refractivity contribution in [3.63, 3.8) is 0 Å². The number of aliphatic hydroxyl groups is 1. The number of aromatic nitrogens is 2. The first-order chi connectivity index (χ1) is 27.5. The van der Waals surface area contributed by atoms with Gasteiger partial charge in [-0.1, -0.05) is 48.5 Å². The average Bonchev–Trinajstić information content (AvgIpc) is 3.79. The molecule has 5 heterocycles. The number of pyridine rings is 1. The Morgan fingerprint density at radius 2 is 1.78 bits per heavy atom. The van der Waals surface area contributed by atoms with Crippen LogP contribution in [0.25, 0.3) is 11.3 Å². The van der Waals surface area contributed by atoms with Crippen molar-refractivity contribution in [1.82, 2.24) is 30.0 Å². The van der Waals surface area contributed by atoms with Crippen LogP contribution < -0.4 is 10.1 Å². The second kappa shape index (κ2) is 16.4. The minimum absolute atomic E-state index is 0.0311. The van der Waals surface area contributed by atoms with Gasteiger partial charge in [0.15, 0.2) is 5.76 Å². The van der Waals surface area contributed by atoms with Crippen molar-refractivity contribution in [2.45, 2.75) is 89.2 Å². The van der Waals surface area contributed by atoms with Crippen LogP contribution in [-0.4, -0.2) is 111 Å². The Hall–Kier alpha value is -4.83. The molecule has 1 unspecified atom stereocenters. The predicted molar refractivity (Wildman–Crippen MR) is 208 cm³/mol. The Bertz CT molecular complexity index is 2080. The zero-order chi connectivity index (χ0) is 41.4. The Morgan fingerprint density at radius 1 is 1.03 bits per heavy atom. The van der Waals surface area contributed by atoms with Crippen LogP contribution in [0.2, 0.25) is 0 Å². The van der Waals surface area contributed by atoms with Gasteiger partial charge < -0.3 is 29.2 Å². The second-order valence-corrected chi connectivity index (χ2v) is 16.5. The van der Waals surface area contributed by atoms with Gasteiger partial charge in [0.05, 0.1) is 23.9 Å². The van der Waals surface area contributed by atoms with Crippen molar-refractivity contribution >= 4 is 11.8 Å². The monoisotopic (exact) mass is 804 g/mol. The zero-order valence-electron chi connectivity index (χ0n) is 33.4. The Kier molecular flexibility index (Phi) is 11.7. The van der Waals surface area contributed by atoms with Crippen molar-refractivity contribution in [3.8, 4) is 17.1 Å². The summed E-state index contributed by atoms with van der Waals surface area (Å²) in [6, 6.07) is 17.6. The third kappa shape index (κ3) is 8.92. The SMILES string of the molecule is Cc1cncc(-c2cnc(C(C)(C)N3CCN(C[C@H](O)C[C@@H](Cc4ccccc4)C(=O)N4[C@H]5c6ccccc6OC[C@H]5OC4(C)C)C(C(=O)NCC(F)(F)F)C3)o2)c1. The maximum Gasteiger partial charge on any atom is 0.405 e. The van der Waals surface area contributed by atoms with Crippen molar-refractivity contribution in [3.05, 3.63) is 102 Å². The van der Waals surface area contributed by atoms with Gasteiger partial charge in [-0.2, -0.15) is 13.2 Å². The van der Waals surface area contributed by atoms with E-state index < -0.39 is 60.1 Å². The molecule has 2 aromatic carbocycles. The first kappa shape index (κ1) is 41.3. The summed E-state index contributed by atoms with van der Waals surface area (Å²) in [6.45, 7) is 8.80. The lowest BCUT2D eigenvalue weighted by molar-refractivity contribution is -0.153. The van der Waals surface area contributed by atoms with E-state index in [9.17, 15) is 27.9 Å². The molecular formula is C43H51F3N6O6. The molecule has 58 heavy (non-hydrogen) atoms. The van der Waals surface area contributed by atoms with E-state index in [1.54, 1.807) is 28.4 Å². The van der Waals surface area contributed by atoms with E-state index in [0.717, 1.165) is 22.3 Å². The molecule has 2 aromatic heterocycles. The fourth-order valence-corrected chi connectivity index (χ4v) is 8.54. The molecule has 7 rings (SSSR count). The summed E-state index contributed by atoms with van der Waals surface area (Å²) >= 11 is 0. The van der Waals surface area contributed by atoms with Crippen LogP contribution in [0.3, 0.4) is 0 Å². The Balaban J connectivity index is 1.12. The second-order valence-electron chi connectivity index (χ2n) is 16.5. The molecule has 4 aromatic rings. The number of nitrogens with one attached hydrogen (secondary N) is 1. The van der Waals surface area contributed by atoms with E-state index in [4.69, 9.17) is 13.9 Å². The van der Waals surface area contributed by atoms with E-state index in [0.29, 0.717) is 30.4 Å². The number of ether oxygens (including phenoxy) is 2. The molecule has 0 aliphatic carbocycles. The molecule has 0 radical (unpaired) electrons. The number of nitrogens with zero attached hydrogens (tertiary/aromatic N) is 5. The first-order valence-electron chi connectivity index (χ1n) is 19.7. The van der Waals surface area contributed by atoms with Gasteiger partial charge in [-0.25, -0.2) is 4.98 Å². The number of carbonyl (C=O) groups is 2. The number of benzene rings is 2. The summed E-state index contributed by atoms with van der Waals surface area (Å²) in [5.74, 6) is -0.144. The van der Waals surface area contributed by atoms with Gasteiger partial charge in [-0.05, 0) is 70.7 Å². The number of rotatable bonds is 12. The summed E-state index contributed by atoms with van der Waals surface area (Å²) < 4.78 is 58.7. The van der Waals surface area contributed by atoms with Gasteiger partial charge in [0.2, 0.25) is 17.7 Å². The summed E-state index contributed by atoms with van der Waals surface area (Å²) in [4.78, 5) is 42.7. The lowest BCUT2D eigenvalue weighted by Crippen LogP contribution is -2.63. The van der Waals surface area contributed by atoms with Gasteiger partial charge >= 0.3 is 6.18 Å². The van der Waals surface area contributed by atoms with Crippen LogP contribution in [0.4, 0.5) is 13.2 Å². The number of hydrogen-bond donors (Lipinski definition) is 2. The first-order valence-corrected chi connectivity index (χ1v) is 19.7. The highest BCUT2D eigenvalue weighted by Gasteiger charge is 2.54. The number of aliphatic hydroxyl groups excluding tert-OH is 1. The summed E-state index contributed by atoms with van der Waals surface area (Å²) in [6.07, 6.45) is -0.749. The van der Waals surface area contributed by atoms with E-state index in [-0.39, 0.29) is 38.6 Å². The number of fused-ring (bicyclic) bond motifs is 3. The summed E-state index contributed by atoms with van der Waals surface area (Å²) in [5.41, 5.74) is 1.60. The van der Waals surface area contributed by atoms with Gasteiger partial charge in [-0.15, -0.1) is 0 Å². The molecule has 12 nitrogen and oxygen atoms in total. The maximum absolute atomic E-state index is 14.9. The molecule has 0 saturated carbocycles. The summed E-state index contributed by atoms with van der Waals surface area (Å²) in [7, 11) is 0. The number of piperazine rings is 1. The van der Waals surface area contributed by atoms with Crippen LogP contribution in [-0.2, 0) is 26.3 Å². The lowest BCUT2D eigenvalue weighted by atomic mass is 9.89. The fraction of sp³-hybridized carbons (Fsp3) is 0.488. The Morgan fingerprint density at radius 3 is 2.52 bits per heavy atom. The molecular weight excluding hydrogens is 754 g/mol. The van der Waals surface area contributed by atoms with Crippen LogP contribution >= 0.6 is 0 Å². The zero-order valence-corrected chi connectivity index (χ0v) is 33.4. The van der Waals surface area contributed by atoms with Crippen LogP contribution in [0.5, 0.6) is 5.75 Å². The third-order valence-corrected chi connectivity index (χ3v) is 11.4. The van der Waals surface area contributed by atoms with Crippen molar-refractivity contribution in [2.24, 2.45) is 5.92 Å². The number of alkyl halides is 3. The van der Waals surface area contributed by atoms with Gasteiger partial charge in [0.25, 0.3) is 0 Å². The van der Waals surface area contributed by atoms with E-state index in [1.807, 2.05) is 100 Å². The smallest absolute Gasteiger partial charge is 0.405 e. The van der Waals surface area contributed by atoms with E-state index in [1.165, 1.54) is 0 Å². The number of aryl methyl sites for hydroxylation is 1. The topological polar surface area (TPSA) is 134 Å². The molecule has 15 heteroatoms. The van der Waals surface area contributed by atoms with Crippen molar-refractivity contribution in [2.75, 3.05) is 39.3 Å². The standard InChI is InChI=1S/C43H51F3N6O6/c1-27-17-30(21-47-20-27)35-22-48-40(57-35)41(2,3)51-16-15-50(33(24-51)38(54)49-26-43(44,45)46)23-31(53)19-29(18-28-11-7-6-8-12-28)39(55)52-37-32-13-9-10-14-34(32)56-25-36(37)58-42(52,4)5/h6-14,17,20-22,29,31,33,36-37,53H,15-16,18-19,23-26H2,1-5H3,(H,49,54)/t29-,31-,33?,36-,37+/m1/s1. The largest absolute Gasteiger partial charge is 0.490 e. The normalized spacial score (nSPS) is 22.1. The molecule has 0 bridgehead atoms. The van der Waals surface area contributed by atoms with E-state index >= 15 is 0 Å². The minimum atomic E-state index is -4.62. The molecule has 0 spiro atoms. The Labute approximate surface area is 336 Å². The molecule has 310 valence electrons. The van der Waals surface area contributed by atoms with Gasteiger partial charge in [-0.3, -0.25) is 24.4 Å². The highest BCUT2D eigenvalue weighted by Crippen LogP contribution is 2.48. The van der Waals surface area contributed by atoms with E-state index in [2.05, 4.69) is 15.3 Å². The average molecular weight is 805 g/mol. The molecule has 5 atom stereocenters. The number of oxazole rings is 1. The quantitative estimate of drug-likeness (QED) is 0.185. The number of halogens is 3. The fourth-order valence-electron chi connectivity index (χ4n) is 8.54. The molecule has 3 aliphatic heterocycles. The molecule has 2 fully saturated rings. The predicted octanol–water partition coefficient (Wildman–Crippen LogP) is 5.65. The number of carbonyl (C=O) groups excluding carboxylic acids is 2. The number of hydrogen-bond acceptors (Lipinski definition) is 10. The van der Waals surface area contributed by atoms with Gasteiger partial charge in [0, 0.05) is 55.6 Å². The van der Waals surface area contributed by atoms with Crippen LogP contribution in [0.1, 0.15) is 62.7 Å². The van der Waals surface area contributed by atoms with Crippen molar-refractivity contribution in [1.29, 1.82) is 0 Å². The minimum Gasteiger partial charge on any atom is -0.490 e. The highest BCUT2D eigenvalue weighted by molar-refractivity contribution is 5.82. The molecule has 2 saturated heterocycles. The highest BCUT2D eigenvalue weighted by atomic mass is 19.4. The summed E-state index contributed by atoms with van der Waals surface area (Å²) in [5, 5.41) is 13.9. The van der Waals surface area contributed by atoms with Gasteiger partial charge in [0.1, 0.15) is 36.8 Å². The third-order valence-electron chi connectivity index (χ3n) is 11.4. The number of para-hydroxylation sites is 1. The van der Waals surface area contributed by atoms with Crippen LogP contribution in [0.15, 0.2) is 83.7 Å².